The van der Waals surface area contributed by atoms with E-state index in [1.807, 2.05) is 17.7 Å². The highest BCUT2D eigenvalue weighted by molar-refractivity contribution is 5.95. The fourth-order valence-corrected chi connectivity index (χ4v) is 3.60. The largest absolute Gasteiger partial charge is 0.383 e. The number of fused-ring (bicyclic) bond motifs is 1. The average molecular weight is 409 g/mol. The van der Waals surface area contributed by atoms with Crippen molar-refractivity contribution >= 4 is 16.9 Å². The van der Waals surface area contributed by atoms with E-state index in [4.69, 9.17) is 10.5 Å². The number of ether oxygens (including phenoxy) is 1. The molecule has 0 bridgehead atoms. The van der Waals surface area contributed by atoms with Crippen LogP contribution in [0.5, 0.6) is 0 Å². The van der Waals surface area contributed by atoms with Crippen LogP contribution in [-0.4, -0.2) is 43.9 Å². The van der Waals surface area contributed by atoms with Crippen LogP contribution in [0.1, 0.15) is 38.4 Å². The molecule has 7 nitrogen and oxygen atoms in total. The van der Waals surface area contributed by atoms with Crippen molar-refractivity contribution in [3.05, 3.63) is 36.2 Å². The van der Waals surface area contributed by atoms with Crippen LogP contribution in [-0.2, 0) is 4.74 Å². The first-order valence-electron chi connectivity index (χ1n) is 9.83. The van der Waals surface area contributed by atoms with E-state index in [1.54, 1.807) is 26.3 Å². The van der Waals surface area contributed by atoms with E-state index in [1.165, 1.54) is 0 Å². The molecule has 0 radical (unpaired) electrons. The van der Waals surface area contributed by atoms with Gasteiger partial charge in [0.2, 0.25) is 5.95 Å². The zero-order chi connectivity index (χ0) is 21.5. The van der Waals surface area contributed by atoms with Crippen LogP contribution in [0.3, 0.4) is 0 Å². The minimum absolute atomic E-state index is 0.00760. The number of nitrogens with zero attached hydrogens (tertiary/aromatic N) is 4. The van der Waals surface area contributed by atoms with E-state index in [2.05, 4.69) is 26.8 Å². The van der Waals surface area contributed by atoms with Crippen molar-refractivity contribution in [2.24, 2.45) is 5.92 Å². The van der Waals surface area contributed by atoms with Gasteiger partial charge in [-0.15, -0.1) is 0 Å². The number of pyridine rings is 1. The molecule has 1 saturated carbocycles. The molecule has 0 aliphatic heterocycles. The van der Waals surface area contributed by atoms with Crippen LogP contribution in [0, 0.1) is 23.6 Å². The molecule has 30 heavy (non-hydrogen) atoms. The average Bonchev–Trinajstić information content (AvgIpc) is 3.51. The number of hydrogen-bond acceptors (Lipinski definition) is 6. The van der Waals surface area contributed by atoms with E-state index >= 15 is 0 Å². The predicted octanol–water partition coefficient (Wildman–Crippen LogP) is 2.93. The van der Waals surface area contributed by atoms with Gasteiger partial charge in [-0.2, -0.15) is 0 Å². The highest BCUT2D eigenvalue weighted by Gasteiger charge is 2.38. The standard InChI is InChI=1S/C22H24FN5O2/c1-13(12-30-3)28-11-17(20-18(23)9-26-21(24)27-20)16-8-15(25-10-19(16)28)6-7-22(2,29)14-4-5-14/h8-11,13-14,29H,4-5,12H2,1-3H3,(H2,24,26,27). The number of anilines is 1. The van der Waals surface area contributed by atoms with Gasteiger partial charge in [-0.25, -0.2) is 19.3 Å². The first-order valence-corrected chi connectivity index (χ1v) is 9.83. The first kappa shape index (κ1) is 20.3. The number of nitrogens with two attached hydrogens (primary N) is 1. The summed E-state index contributed by atoms with van der Waals surface area (Å²) in [7, 11) is 1.63. The summed E-state index contributed by atoms with van der Waals surface area (Å²) in [4.78, 5) is 12.3. The quantitative estimate of drug-likeness (QED) is 0.629. The Kier molecular flexibility index (Phi) is 5.18. The first-order chi connectivity index (χ1) is 14.3. The van der Waals surface area contributed by atoms with Crippen molar-refractivity contribution in [1.82, 2.24) is 19.5 Å². The lowest BCUT2D eigenvalue weighted by Crippen LogP contribution is -2.24. The fraction of sp³-hybridized carbons (Fsp3) is 0.409. The molecule has 1 aliphatic rings. The van der Waals surface area contributed by atoms with Crippen molar-refractivity contribution in [1.29, 1.82) is 0 Å². The zero-order valence-corrected chi connectivity index (χ0v) is 17.2. The summed E-state index contributed by atoms with van der Waals surface area (Å²) < 4.78 is 21.8. The monoisotopic (exact) mass is 409 g/mol. The number of halogens is 1. The summed E-state index contributed by atoms with van der Waals surface area (Å²) in [6.45, 7) is 4.20. The molecular weight excluding hydrogens is 385 g/mol. The Morgan fingerprint density at radius 1 is 1.40 bits per heavy atom. The van der Waals surface area contributed by atoms with Gasteiger partial charge in [-0.3, -0.25) is 0 Å². The third-order valence-electron chi connectivity index (χ3n) is 5.44. The molecule has 0 saturated heterocycles. The van der Waals surface area contributed by atoms with Crippen LogP contribution >= 0.6 is 0 Å². The molecule has 2 atom stereocenters. The molecule has 3 aromatic rings. The van der Waals surface area contributed by atoms with E-state index in [0.29, 0.717) is 17.9 Å². The summed E-state index contributed by atoms with van der Waals surface area (Å²) in [6, 6.07) is 1.77. The summed E-state index contributed by atoms with van der Waals surface area (Å²) in [5.74, 6) is 5.53. The number of nitrogen functional groups attached to an aromatic ring is 1. The Morgan fingerprint density at radius 3 is 2.87 bits per heavy atom. The molecule has 3 N–H and O–H groups in total. The maximum Gasteiger partial charge on any atom is 0.220 e. The number of hydrogen-bond donors (Lipinski definition) is 2. The molecule has 0 aromatic carbocycles. The highest BCUT2D eigenvalue weighted by atomic mass is 19.1. The van der Waals surface area contributed by atoms with Crippen LogP contribution < -0.4 is 5.73 Å². The van der Waals surface area contributed by atoms with Crippen molar-refractivity contribution < 1.29 is 14.2 Å². The summed E-state index contributed by atoms with van der Waals surface area (Å²) in [5.41, 5.74) is 6.64. The molecule has 2 unspecified atom stereocenters. The topological polar surface area (TPSA) is 99.1 Å². The predicted molar refractivity (Wildman–Crippen MR) is 112 cm³/mol. The van der Waals surface area contributed by atoms with Crippen molar-refractivity contribution in [2.75, 3.05) is 19.5 Å². The minimum Gasteiger partial charge on any atom is -0.383 e. The Hall–Kier alpha value is -3.02. The smallest absolute Gasteiger partial charge is 0.220 e. The number of methoxy groups -OCH3 is 1. The lowest BCUT2D eigenvalue weighted by atomic mass is 10.0. The Balaban J connectivity index is 1.86. The Labute approximate surface area is 174 Å². The molecule has 1 fully saturated rings. The molecule has 156 valence electrons. The van der Waals surface area contributed by atoms with Gasteiger partial charge in [0.05, 0.1) is 30.6 Å². The number of aliphatic hydroxyl groups is 1. The SMILES string of the molecule is COCC(C)n1cc(-c2nc(N)ncc2F)c2cc(C#CC(C)(O)C3CC3)ncc21. The lowest BCUT2D eigenvalue weighted by molar-refractivity contribution is 0.0980. The second-order valence-corrected chi connectivity index (χ2v) is 7.94. The van der Waals surface area contributed by atoms with Crippen molar-refractivity contribution in [2.45, 2.75) is 38.3 Å². The van der Waals surface area contributed by atoms with Crippen molar-refractivity contribution in [3.8, 4) is 23.1 Å². The molecule has 1 aliphatic carbocycles. The van der Waals surface area contributed by atoms with Crippen LogP contribution in [0.25, 0.3) is 22.2 Å². The van der Waals surface area contributed by atoms with E-state index in [-0.39, 0.29) is 23.6 Å². The molecular formula is C22H24FN5O2. The number of aromatic nitrogens is 4. The van der Waals surface area contributed by atoms with Gasteiger partial charge in [0.15, 0.2) is 5.82 Å². The van der Waals surface area contributed by atoms with E-state index < -0.39 is 11.4 Å². The third kappa shape index (κ3) is 3.86. The number of rotatable bonds is 5. The summed E-state index contributed by atoms with van der Waals surface area (Å²) in [6.07, 6.45) is 6.54. The van der Waals surface area contributed by atoms with Gasteiger partial charge < -0.3 is 20.1 Å². The molecule has 0 spiro atoms. The second kappa shape index (κ2) is 7.67. The minimum atomic E-state index is -1.04. The van der Waals surface area contributed by atoms with Crippen LogP contribution in [0.2, 0.25) is 0 Å². The zero-order valence-electron chi connectivity index (χ0n) is 17.2. The molecule has 4 rings (SSSR count). The summed E-state index contributed by atoms with van der Waals surface area (Å²) in [5, 5.41) is 11.2. The fourth-order valence-electron chi connectivity index (χ4n) is 3.60. The molecule has 3 heterocycles. The normalized spacial score (nSPS) is 16.7. The molecule has 8 heteroatoms. The van der Waals surface area contributed by atoms with E-state index in [9.17, 15) is 9.50 Å². The second-order valence-electron chi connectivity index (χ2n) is 7.94. The molecule has 0 amide bonds. The maximum atomic E-state index is 14.6. The van der Waals surface area contributed by atoms with Gasteiger partial charge in [0, 0.05) is 24.3 Å². The van der Waals surface area contributed by atoms with E-state index in [0.717, 1.165) is 29.9 Å². The van der Waals surface area contributed by atoms with Crippen LogP contribution in [0.4, 0.5) is 10.3 Å². The van der Waals surface area contributed by atoms with Gasteiger partial charge in [-0.05, 0) is 44.6 Å². The lowest BCUT2D eigenvalue weighted by Gasteiger charge is -2.14. The molecule has 3 aromatic heterocycles. The maximum absolute atomic E-state index is 14.6. The van der Waals surface area contributed by atoms with Gasteiger partial charge in [0.25, 0.3) is 0 Å². The van der Waals surface area contributed by atoms with Crippen molar-refractivity contribution in [3.63, 3.8) is 0 Å². The highest BCUT2D eigenvalue weighted by Crippen LogP contribution is 2.39. The van der Waals surface area contributed by atoms with Gasteiger partial charge >= 0.3 is 0 Å². The Bertz CT molecular complexity index is 1160. The summed E-state index contributed by atoms with van der Waals surface area (Å²) >= 11 is 0. The Morgan fingerprint density at radius 2 is 2.17 bits per heavy atom. The van der Waals surface area contributed by atoms with Gasteiger partial charge in [0.1, 0.15) is 17.0 Å². The third-order valence-corrected chi connectivity index (χ3v) is 5.44. The van der Waals surface area contributed by atoms with Gasteiger partial charge in [-0.1, -0.05) is 5.92 Å². The van der Waals surface area contributed by atoms with Crippen LogP contribution in [0.15, 0.2) is 24.7 Å².